The van der Waals surface area contributed by atoms with Gasteiger partial charge in [0.1, 0.15) is 11.9 Å². The summed E-state index contributed by atoms with van der Waals surface area (Å²) in [5, 5.41) is 3.71. The Morgan fingerprint density at radius 3 is 2.50 bits per heavy atom. The van der Waals surface area contributed by atoms with Crippen LogP contribution in [-0.2, 0) is 21.9 Å². The molecule has 32 heavy (non-hydrogen) atoms. The molecule has 2 amide bonds. The van der Waals surface area contributed by atoms with Gasteiger partial charge in [-0.2, -0.15) is 0 Å². The van der Waals surface area contributed by atoms with Gasteiger partial charge in [0.05, 0.1) is 5.75 Å². The van der Waals surface area contributed by atoms with E-state index in [0.29, 0.717) is 10.8 Å². The molecular weight excluding hydrogens is 447 g/mol. The Labute approximate surface area is 198 Å². The summed E-state index contributed by atoms with van der Waals surface area (Å²) < 4.78 is 13.1. The number of amides is 2. The Balaban J connectivity index is 1.65. The fourth-order valence-electron chi connectivity index (χ4n) is 3.88. The Bertz CT molecular complexity index is 903. The largest absolute Gasteiger partial charge is 0.352 e. The quantitative estimate of drug-likeness (QED) is 0.514. The minimum atomic E-state index is -0.605. The number of nitrogens with one attached hydrogen (secondary N) is 1. The van der Waals surface area contributed by atoms with Gasteiger partial charge in [0.2, 0.25) is 11.8 Å². The summed E-state index contributed by atoms with van der Waals surface area (Å²) >= 11 is 7.79. The molecule has 172 valence electrons. The van der Waals surface area contributed by atoms with E-state index in [4.69, 9.17) is 11.6 Å². The van der Waals surface area contributed by atoms with Crippen LogP contribution in [0.4, 0.5) is 4.39 Å². The van der Waals surface area contributed by atoms with Gasteiger partial charge in [0, 0.05) is 23.4 Å². The van der Waals surface area contributed by atoms with E-state index in [9.17, 15) is 14.0 Å². The number of carbonyl (C=O) groups excluding carboxylic acids is 2. The van der Waals surface area contributed by atoms with E-state index in [2.05, 4.69) is 5.32 Å². The number of halogens is 2. The van der Waals surface area contributed by atoms with Gasteiger partial charge >= 0.3 is 0 Å². The van der Waals surface area contributed by atoms with Gasteiger partial charge in [-0.3, -0.25) is 9.59 Å². The van der Waals surface area contributed by atoms with Crippen molar-refractivity contribution in [3.05, 3.63) is 70.5 Å². The molecule has 2 aromatic rings. The van der Waals surface area contributed by atoms with Gasteiger partial charge in [-0.15, -0.1) is 11.8 Å². The fourth-order valence-corrected chi connectivity index (χ4v) is 4.95. The van der Waals surface area contributed by atoms with Crippen LogP contribution in [0.15, 0.2) is 48.5 Å². The zero-order chi connectivity index (χ0) is 22.9. The highest BCUT2D eigenvalue weighted by molar-refractivity contribution is 7.99. The minimum absolute atomic E-state index is 0.122. The predicted molar refractivity (Wildman–Crippen MR) is 129 cm³/mol. The molecular formula is C25H30ClFN2O2S. The molecule has 0 heterocycles. The van der Waals surface area contributed by atoms with E-state index in [1.54, 1.807) is 30.0 Å². The molecule has 1 fully saturated rings. The first kappa shape index (κ1) is 24.6. The highest BCUT2D eigenvalue weighted by Crippen LogP contribution is 2.22. The second kappa shape index (κ2) is 12.3. The predicted octanol–water partition coefficient (Wildman–Crippen LogP) is 5.58. The van der Waals surface area contributed by atoms with Crippen LogP contribution in [0.2, 0.25) is 5.02 Å². The monoisotopic (exact) mass is 476 g/mol. The average Bonchev–Trinajstić information content (AvgIpc) is 2.80. The van der Waals surface area contributed by atoms with Crippen LogP contribution in [0.25, 0.3) is 0 Å². The van der Waals surface area contributed by atoms with Crippen LogP contribution < -0.4 is 5.32 Å². The van der Waals surface area contributed by atoms with Gasteiger partial charge in [0.25, 0.3) is 0 Å². The van der Waals surface area contributed by atoms with Gasteiger partial charge in [-0.05, 0) is 49.1 Å². The van der Waals surface area contributed by atoms with E-state index in [1.165, 1.54) is 30.3 Å². The summed E-state index contributed by atoms with van der Waals surface area (Å²) in [6.45, 7) is 2.05. The highest BCUT2D eigenvalue weighted by Gasteiger charge is 2.28. The lowest BCUT2D eigenvalue weighted by Gasteiger charge is -2.31. The third kappa shape index (κ3) is 7.24. The smallest absolute Gasteiger partial charge is 0.242 e. The molecule has 2 aromatic carbocycles. The Kier molecular flexibility index (Phi) is 9.42. The summed E-state index contributed by atoms with van der Waals surface area (Å²) in [4.78, 5) is 27.8. The van der Waals surface area contributed by atoms with Gasteiger partial charge in [-0.25, -0.2) is 4.39 Å². The molecule has 0 bridgehead atoms. The topological polar surface area (TPSA) is 49.4 Å². The Morgan fingerprint density at radius 2 is 1.81 bits per heavy atom. The second-order valence-electron chi connectivity index (χ2n) is 8.25. The summed E-state index contributed by atoms with van der Waals surface area (Å²) in [5.74, 6) is 0.292. The van der Waals surface area contributed by atoms with Crippen molar-refractivity contribution in [2.24, 2.45) is 0 Å². The summed E-state index contributed by atoms with van der Waals surface area (Å²) in [5.41, 5.74) is 1.76. The van der Waals surface area contributed by atoms with Crippen LogP contribution in [0.5, 0.6) is 0 Å². The second-order valence-corrected chi connectivity index (χ2v) is 9.64. The average molecular weight is 477 g/mol. The van der Waals surface area contributed by atoms with Crippen molar-refractivity contribution < 1.29 is 14.0 Å². The molecule has 7 heteroatoms. The maximum Gasteiger partial charge on any atom is 0.242 e. The minimum Gasteiger partial charge on any atom is -0.352 e. The Morgan fingerprint density at radius 1 is 1.12 bits per heavy atom. The lowest BCUT2D eigenvalue weighted by atomic mass is 9.95. The highest BCUT2D eigenvalue weighted by atomic mass is 35.5. The summed E-state index contributed by atoms with van der Waals surface area (Å²) in [6.07, 6.45) is 5.45. The van der Waals surface area contributed by atoms with Gasteiger partial charge in [0.15, 0.2) is 0 Å². The van der Waals surface area contributed by atoms with Crippen LogP contribution in [0.3, 0.4) is 0 Å². The number of hydrogen-bond acceptors (Lipinski definition) is 3. The van der Waals surface area contributed by atoms with E-state index in [1.807, 2.05) is 18.2 Å². The van der Waals surface area contributed by atoms with Crippen molar-refractivity contribution in [1.29, 1.82) is 0 Å². The van der Waals surface area contributed by atoms with E-state index >= 15 is 0 Å². The lowest BCUT2D eigenvalue weighted by molar-refractivity contribution is -0.139. The molecule has 0 aromatic heterocycles. The number of carbonyl (C=O) groups is 2. The molecule has 1 aliphatic rings. The lowest BCUT2D eigenvalue weighted by Crippen LogP contribution is -2.50. The molecule has 0 spiro atoms. The first-order valence-electron chi connectivity index (χ1n) is 11.1. The van der Waals surface area contributed by atoms with Crippen LogP contribution >= 0.6 is 23.4 Å². The summed E-state index contributed by atoms with van der Waals surface area (Å²) in [7, 11) is 0. The SMILES string of the molecule is C[C@H](C(=O)NC1CCCCC1)N(Cc1ccccc1Cl)C(=O)CSCc1ccc(F)cc1. The Hall–Kier alpha value is -2.05. The maximum absolute atomic E-state index is 13.2. The molecule has 1 aliphatic carbocycles. The van der Waals surface area contributed by atoms with Crippen molar-refractivity contribution in [2.75, 3.05) is 5.75 Å². The zero-order valence-corrected chi connectivity index (χ0v) is 19.9. The van der Waals surface area contributed by atoms with Gasteiger partial charge < -0.3 is 10.2 Å². The number of hydrogen-bond donors (Lipinski definition) is 1. The normalized spacial score (nSPS) is 15.2. The molecule has 1 N–H and O–H groups in total. The van der Waals surface area contributed by atoms with Crippen molar-refractivity contribution in [2.45, 2.75) is 63.4 Å². The molecule has 4 nitrogen and oxygen atoms in total. The molecule has 1 atom stereocenters. The maximum atomic E-state index is 13.2. The fraction of sp³-hybridized carbons (Fsp3) is 0.440. The van der Waals surface area contributed by atoms with Crippen molar-refractivity contribution in [1.82, 2.24) is 10.2 Å². The number of thioether (sulfide) groups is 1. The third-order valence-electron chi connectivity index (χ3n) is 5.82. The molecule has 0 radical (unpaired) electrons. The third-order valence-corrected chi connectivity index (χ3v) is 7.18. The number of benzene rings is 2. The zero-order valence-electron chi connectivity index (χ0n) is 18.4. The van der Waals surface area contributed by atoms with Crippen molar-refractivity contribution >= 4 is 35.2 Å². The van der Waals surface area contributed by atoms with E-state index in [0.717, 1.165) is 36.8 Å². The molecule has 0 saturated heterocycles. The number of nitrogens with zero attached hydrogens (tertiary/aromatic N) is 1. The van der Waals surface area contributed by atoms with Crippen molar-refractivity contribution in [3.8, 4) is 0 Å². The van der Waals surface area contributed by atoms with Crippen LogP contribution in [0, 0.1) is 5.82 Å². The van der Waals surface area contributed by atoms with Crippen LogP contribution in [0.1, 0.15) is 50.2 Å². The molecule has 3 rings (SSSR count). The first-order chi connectivity index (χ1) is 15.4. The standard InChI is InChI=1S/C25H30ClFN2O2S/c1-18(25(31)28-22-8-3-2-4-9-22)29(15-20-7-5-6-10-23(20)26)24(30)17-32-16-19-11-13-21(27)14-12-19/h5-7,10-14,18,22H,2-4,8-9,15-17H2,1H3,(H,28,31)/t18-/m1/s1. The van der Waals surface area contributed by atoms with E-state index < -0.39 is 6.04 Å². The van der Waals surface area contributed by atoms with Crippen LogP contribution in [-0.4, -0.2) is 34.6 Å². The van der Waals surface area contributed by atoms with Gasteiger partial charge in [-0.1, -0.05) is 61.2 Å². The molecule has 0 aliphatic heterocycles. The first-order valence-corrected chi connectivity index (χ1v) is 12.6. The van der Waals surface area contributed by atoms with E-state index in [-0.39, 0.29) is 36.0 Å². The molecule has 0 unspecified atom stereocenters. The summed E-state index contributed by atoms with van der Waals surface area (Å²) in [6, 6.07) is 13.2. The van der Waals surface area contributed by atoms with Crippen molar-refractivity contribution in [3.63, 3.8) is 0 Å². The number of rotatable bonds is 9. The molecule has 1 saturated carbocycles.